The number of ether oxygens (including phenoxy) is 1. The van der Waals surface area contributed by atoms with E-state index < -0.39 is 11.6 Å². The molecule has 0 unspecified atom stereocenters. The first-order valence-electron chi connectivity index (χ1n) is 6.15. The van der Waals surface area contributed by atoms with Gasteiger partial charge in [-0.1, -0.05) is 0 Å². The lowest BCUT2D eigenvalue weighted by atomic mass is 10.1. The van der Waals surface area contributed by atoms with Gasteiger partial charge in [-0.15, -0.1) is 0 Å². The Balaban J connectivity index is 1.83. The van der Waals surface area contributed by atoms with Crippen molar-refractivity contribution >= 4 is 5.69 Å². The molecule has 0 aliphatic rings. The first-order chi connectivity index (χ1) is 10.1. The summed E-state index contributed by atoms with van der Waals surface area (Å²) >= 11 is 0. The summed E-state index contributed by atoms with van der Waals surface area (Å²) in [5, 5.41) is 6.63. The zero-order chi connectivity index (χ0) is 14.8. The van der Waals surface area contributed by atoms with Crippen molar-refractivity contribution in [2.45, 2.75) is 0 Å². The molecule has 0 radical (unpaired) electrons. The van der Waals surface area contributed by atoms with E-state index in [1.54, 1.807) is 24.3 Å². The fraction of sp³-hybridized carbons (Fsp3) is 0. The quantitative estimate of drug-likeness (QED) is 0.771. The van der Waals surface area contributed by atoms with Crippen LogP contribution in [0.5, 0.6) is 11.5 Å². The maximum atomic E-state index is 13.1. The van der Waals surface area contributed by atoms with E-state index in [2.05, 4.69) is 10.2 Å². The molecule has 2 aromatic carbocycles. The lowest BCUT2D eigenvalue weighted by Crippen LogP contribution is -1.89. The molecule has 0 aliphatic heterocycles. The van der Waals surface area contributed by atoms with Crippen LogP contribution < -0.4 is 10.5 Å². The van der Waals surface area contributed by atoms with Crippen molar-refractivity contribution in [3.63, 3.8) is 0 Å². The molecule has 0 aliphatic carbocycles. The predicted molar refractivity (Wildman–Crippen MR) is 74.9 cm³/mol. The summed E-state index contributed by atoms with van der Waals surface area (Å²) in [6, 6.07) is 9.92. The zero-order valence-corrected chi connectivity index (χ0v) is 10.8. The van der Waals surface area contributed by atoms with Crippen LogP contribution in [0.15, 0.2) is 48.7 Å². The number of nitrogens with two attached hydrogens (primary N) is 1. The highest BCUT2D eigenvalue weighted by atomic mass is 19.1. The third-order valence-electron chi connectivity index (χ3n) is 2.88. The van der Waals surface area contributed by atoms with Crippen LogP contribution in [0.25, 0.3) is 11.3 Å². The third kappa shape index (κ3) is 2.84. The minimum absolute atomic E-state index is 0.0984. The standard InChI is InChI=1S/C15H11F2N3O/c16-10-5-11(17)7-13(6-10)21-12-3-1-9(2-4-12)15-14(18)8-19-20-15/h1-8H,18H2,(H,19,20). The lowest BCUT2D eigenvalue weighted by Gasteiger charge is -2.07. The Kier molecular flexibility index (Phi) is 3.27. The molecule has 3 aromatic rings. The molecule has 4 nitrogen and oxygen atoms in total. The van der Waals surface area contributed by atoms with Gasteiger partial charge in [0.2, 0.25) is 0 Å². The van der Waals surface area contributed by atoms with Crippen LogP contribution >= 0.6 is 0 Å². The summed E-state index contributed by atoms with van der Waals surface area (Å²) in [5.41, 5.74) is 7.84. The zero-order valence-electron chi connectivity index (χ0n) is 10.8. The van der Waals surface area contributed by atoms with E-state index in [-0.39, 0.29) is 5.75 Å². The van der Waals surface area contributed by atoms with E-state index >= 15 is 0 Å². The highest BCUT2D eigenvalue weighted by Gasteiger charge is 2.06. The summed E-state index contributed by atoms with van der Waals surface area (Å²) in [5.74, 6) is -0.818. The Bertz CT molecular complexity index is 749. The van der Waals surface area contributed by atoms with Crippen LogP contribution in [-0.4, -0.2) is 10.2 Å². The Morgan fingerprint density at radius 1 is 0.952 bits per heavy atom. The molecule has 0 saturated heterocycles. The van der Waals surface area contributed by atoms with E-state index in [9.17, 15) is 8.78 Å². The number of hydrogen-bond donors (Lipinski definition) is 2. The van der Waals surface area contributed by atoms with E-state index in [1.165, 1.54) is 6.20 Å². The van der Waals surface area contributed by atoms with Gasteiger partial charge in [0, 0.05) is 23.8 Å². The van der Waals surface area contributed by atoms with Crippen molar-refractivity contribution in [2.75, 3.05) is 5.73 Å². The summed E-state index contributed by atoms with van der Waals surface area (Å²) in [6.07, 6.45) is 1.52. The molecular formula is C15H11F2N3O. The first kappa shape index (κ1) is 13.1. The second kappa shape index (κ2) is 5.24. The largest absolute Gasteiger partial charge is 0.457 e. The molecule has 106 valence electrons. The topological polar surface area (TPSA) is 63.9 Å². The third-order valence-corrected chi connectivity index (χ3v) is 2.88. The number of nitrogens with one attached hydrogen (secondary N) is 1. The molecule has 3 N–H and O–H groups in total. The summed E-state index contributed by atoms with van der Waals surface area (Å²) in [4.78, 5) is 0. The van der Waals surface area contributed by atoms with Crippen molar-refractivity contribution < 1.29 is 13.5 Å². The molecule has 0 bridgehead atoms. The smallest absolute Gasteiger partial charge is 0.133 e. The normalized spacial score (nSPS) is 10.6. The van der Waals surface area contributed by atoms with Gasteiger partial charge in [-0.3, -0.25) is 5.10 Å². The maximum Gasteiger partial charge on any atom is 0.133 e. The van der Waals surface area contributed by atoms with Gasteiger partial charge in [0.1, 0.15) is 23.1 Å². The van der Waals surface area contributed by atoms with Gasteiger partial charge in [0.05, 0.1) is 17.6 Å². The van der Waals surface area contributed by atoms with Gasteiger partial charge >= 0.3 is 0 Å². The number of nitrogens with zero attached hydrogens (tertiary/aromatic N) is 1. The second-order valence-corrected chi connectivity index (χ2v) is 4.43. The molecular weight excluding hydrogens is 276 g/mol. The van der Waals surface area contributed by atoms with E-state index in [4.69, 9.17) is 10.5 Å². The van der Waals surface area contributed by atoms with Crippen molar-refractivity contribution in [1.29, 1.82) is 0 Å². The average Bonchev–Trinajstić information content (AvgIpc) is 2.85. The Morgan fingerprint density at radius 3 is 2.19 bits per heavy atom. The Morgan fingerprint density at radius 2 is 1.62 bits per heavy atom. The van der Waals surface area contributed by atoms with Crippen LogP contribution in [0.1, 0.15) is 0 Å². The van der Waals surface area contributed by atoms with Crippen LogP contribution in [-0.2, 0) is 0 Å². The van der Waals surface area contributed by atoms with E-state index in [1.807, 2.05) is 0 Å². The Hall–Kier alpha value is -2.89. The van der Waals surface area contributed by atoms with Crippen molar-refractivity contribution in [1.82, 2.24) is 10.2 Å². The van der Waals surface area contributed by atoms with Gasteiger partial charge in [0.25, 0.3) is 0 Å². The van der Waals surface area contributed by atoms with Crippen molar-refractivity contribution in [2.24, 2.45) is 0 Å². The first-order valence-corrected chi connectivity index (χ1v) is 6.15. The van der Waals surface area contributed by atoms with Gasteiger partial charge in [0.15, 0.2) is 0 Å². The number of benzene rings is 2. The number of aromatic amines is 1. The van der Waals surface area contributed by atoms with Crippen molar-refractivity contribution in [3.8, 4) is 22.8 Å². The van der Waals surface area contributed by atoms with E-state index in [0.717, 1.165) is 23.8 Å². The van der Waals surface area contributed by atoms with Crippen LogP contribution in [0.4, 0.5) is 14.5 Å². The van der Waals surface area contributed by atoms with Crippen LogP contribution in [0, 0.1) is 11.6 Å². The molecule has 3 rings (SSSR count). The number of aromatic nitrogens is 2. The van der Waals surface area contributed by atoms with Gasteiger partial charge in [-0.05, 0) is 24.3 Å². The van der Waals surface area contributed by atoms with Gasteiger partial charge in [-0.25, -0.2) is 8.78 Å². The fourth-order valence-corrected chi connectivity index (χ4v) is 1.94. The minimum Gasteiger partial charge on any atom is -0.457 e. The number of rotatable bonds is 3. The highest BCUT2D eigenvalue weighted by Crippen LogP contribution is 2.28. The lowest BCUT2D eigenvalue weighted by molar-refractivity contribution is 0.468. The molecule has 0 saturated carbocycles. The molecule has 6 heteroatoms. The molecule has 0 atom stereocenters. The van der Waals surface area contributed by atoms with Gasteiger partial charge in [-0.2, -0.15) is 5.10 Å². The number of halogens is 2. The second-order valence-electron chi connectivity index (χ2n) is 4.43. The number of hydrogen-bond acceptors (Lipinski definition) is 3. The highest BCUT2D eigenvalue weighted by molar-refractivity contribution is 5.72. The number of nitrogen functional groups attached to an aromatic ring is 1. The molecule has 0 amide bonds. The summed E-state index contributed by atoms with van der Waals surface area (Å²) in [7, 11) is 0. The minimum atomic E-state index is -0.688. The van der Waals surface area contributed by atoms with Gasteiger partial charge < -0.3 is 10.5 Å². The SMILES string of the molecule is Nc1cn[nH]c1-c1ccc(Oc2cc(F)cc(F)c2)cc1. The van der Waals surface area contributed by atoms with Crippen LogP contribution in [0.3, 0.4) is 0 Å². The number of anilines is 1. The number of H-pyrrole nitrogens is 1. The van der Waals surface area contributed by atoms with Crippen molar-refractivity contribution in [3.05, 3.63) is 60.3 Å². The monoisotopic (exact) mass is 287 g/mol. The average molecular weight is 287 g/mol. The molecule has 1 heterocycles. The fourth-order valence-electron chi connectivity index (χ4n) is 1.94. The maximum absolute atomic E-state index is 13.1. The van der Waals surface area contributed by atoms with E-state index in [0.29, 0.717) is 17.1 Å². The summed E-state index contributed by atoms with van der Waals surface area (Å²) in [6.45, 7) is 0. The molecule has 1 aromatic heterocycles. The Labute approximate surface area is 119 Å². The molecule has 0 spiro atoms. The predicted octanol–water partition coefficient (Wildman–Crippen LogP) is 3.73. The summed E-state index contributed by atoms with van der Waals surface area (Å²) < 4.78 is 31.6. The molecule has 21 heavy (non-hydrogen) atoms. The van der Waals surface area contributed by atoms with Crippen LogP contribution in [0.2, 0.25) is 0 Å². The molecule has 0 fully saturated rings.